The molecule has 1 N–H and O–H groups in total. The molecule has 0 spiro atoms. The Labute approximate surface area is 223 Å². The van der Waals surface area contributed by atoms with Crippen LogP contribution in [0.5, 0.6) is 0 Å². The maximum atomic E-state index is 13.9. The summed E-state index contributed by atoms with van der Waals surface area (Å²) >= 11 is 0. The van der Waals surface area contributed by atoms with Gasteiger partial charge in [0.25, 0.3) is 0 Å². The minimum absolute atomic E-state index is 0.0127. The van der Waals surface area contributed by atoms with Crippen molar-refractivity contribution in [2.24, 2.45) is 5.92 Å². The molecule has 2 aromatic rings. The molecule has 0 radical (unpaired) electrons. The summed E-state index contributed by atoms with van der Waals surface area (Å²) in [4.78, 5) is 41.9. The summed E-state index contributed by atoms with van der Waals surface area (Å²) in [5.41, 5.74) is -0.309. The Hall–Kier alpha value is -4.64. The lowest BCUT2D eigenvalue weighted by Crippen LogP contribution is -2.50. The van der Waals surface area contributed by atoms with Crippen LogP contribution >= 0.6 is 0 Å². The topological polar surface area (TPSA) is 117 Å². The highest BCUT2D eigenvalue weighted by Crippen LogP contribution is 2.43. The van der Waals surface area contributed by atoms with Crippen LogP contribution in [0.2, 0.25) is 0 Å². The first kappa shape index (κ1) is 28.9. The number of carbonyl (C=O) groups is 3. The summed E-state index contributed by atoms with van der Waals surface area (Å²) in [5.74, 6) is -4.42. The van der Waals surface area contributed by atoms with Gasteiger partial charge < -0.3 is 10.2 Å². The lowest BCUT2D eigenvalue weighted by molar-refractivity contribution is -0.138. The van der Waals surface area contributed by atoms with E-state index in [2.05, 4.69) is 5.32 Å². The second kappa shape index (κ2) is 11.8. The standard InChI is InChI=1S/C28H26F3N5O3/c1-4-35(3)23(37)12-13-34-26(38)25-24(19-10-8-18(15-32)9-11-19)22(16-33)17(2)36(27(25)39)21-7-5-6-20(14-21)28(29,30)31/h5-11,14,24-25H,4,12-13H2,1-3H3,(H,34,38). The number of anilines is 1. The van der Waals surface area contributed by atoms with Crippen molar-refractivity contribution in [1.29, 1.82) is 10.5 Å². The number of halogens is 3. The Balaban J connectivity index is 2.10. The Morgan fingerprint density at radius 3 is 2.33 bits per heavy atom. The fraction of sp³-hybridized carbons (Fsp3) is 0.321. The number of amides is 3. The molecule has 0 saturated heterocycles. The van der Waals surface area contributed by atoms with Crippen LogP contribution in [0.1, 0.15) is 42.9 Å². The van der Waals surface area contributed by atoms with E-state index < -0.39 is 35.4 Å². The molecule has 1 aliphatic rings. The maximum absolute atomic E-state index is 13.9. The van der Waals surface area contributed by atoms with Crippen molar-refractivity contribution in [3.8, 4) is 12.1 Å². The summed E-state index contributed by atoms with van der Waals surface area (Å²) in [5, 5.41) is 21.8. The van der Waals surface area contributed by atoms with Crippen molar-refractivity contribution in [1.82, 2.24) is 10.2 Å². The average molecular weight is 538 g/mol. The number of benzene rings is 2. The number of hydrogen-bond acceptors (Lipinski definition) is 5. The number of nitriles is 2. The van der Waals surface area contributed by atoms with Gasteiger partial charge in [0.05, 0.1) is 28.8 Å². The second-order valence-electron chi connectivity index (χ2n) is 8.97. The highest BCUT2D eigenvalue weighted by atomic mass is 19.4. The van der Waals surface area contributed by atoms with Gasteiger partial charge in [0.15, 0.2) is 0 Å². The van der Waals surface area contributed by atoms with Crippen LogP contribution in [-0.4, -0.2) is 42.8 Å². The van der Waals surface area contributed by atoms with E-state index in [0.29, 0.717) is 17.7 Å². The molecule has 3 rings (SSSR count). The van der Waals surface area contributed by atoms with Crippen LogP contribution in [0.15, 0.2) is 59.8 Å². The molecular weight excluding hydrogens is 511 g/mol. The zero-order valence-electron chi connectivity index (χ0n) is 21.5. The van der Waals surface area contributed by atoms with Crippen molar-refractivity contribution in [2.75, 3.05) is 25.0 Å². The highest BCUT2D eigenvalue weighted by Gasteiger charge is 2.46. The number of alkyl halides is 3. The number of nitrogens with zero attached hydrogens (tertiary/aromatic N) is 4. The van der Waals surface area contributed by atoms with Crippen molar-refractivity contribution in [2.45, 2.75) is 32.4 Å². The maximum Gasteiger partial charge on any atom is 0.416 e. The third-order valence-electron chi connectivity index (χ3n) is 6.63. The third kappa shape index (κ3) is 6.10. The first-order valence-corrected chi connectivity index (χ1v) is 12.1. The summed E-state index contributed by atoms with van der Waals surface area (Å²) in [7, 11) is 1.61. The Morgan fingerprint density at radius 1 is 1.10 bits per heavy atom. The Kier molecular flexibility index (Phi) is 8.77. The van der Waals surface area contributed by atoms with Crippen LogP contribution in [-0.2, 0) is 20.6 Å². The number of nitrogens with one attached hydrogen (secondary N) is 1. The predicted molar refractivity (Wildman–Crippen MR) is 136 cm³/mol. The van der Waals surface area contributed by atoms with Crippen molar-refractivity contribution in [3.63, 3.8) is 0 Å². The number of hydrogen-bond donors (Lipinski definition) is 1. The van der Waals surface area contributed by atoms with Crippen LogP contribution in [0.3, 0.4) is 0 Å². The fourth-order valence-electron chi connectivity index (χ4n) is 4.41. The van der Waals surface area contributed by atoms with E-state index in [9.17, 15) is 32.8 Å². The van der Waals surface area contributed by atoms with E-state index in [1.165, 1.54) is 42.2 Å². The van der Waals surface area contributed by atoms with Gasteiger partial charge in [-0.1, -0.05) is 18.2 Å². The Bertz CT molecular complexity index is 1390. The lowest BCUT2D eigenvalue weighted by Gasteiger charge is -2.38. The van der Waals surface area contributed by atoms with E-state index in [-0.39, 0.29) is 35.8 Å². The zero-order chi connectivity index (χ0) is 28.9. The molecule has 0 fully saturated rings. The van der Waals surface area contributed by atoms with Crippen LogP contribution in [0, 0.1) is 28.6 Å². The van der Waals surface area contributed by atoms with E-state index in [1.54, 1.807) is 14.0 Å². The molecule has 0 aromatic heterocycles. The van der Waals surface area contributed by atoms with Crippen molar-refractivity contribution in [3.05, 3.63) is 76.5 Å². The van der Waals surface area contributed by atoms with E-state index in [4.69, 9.17) is 5.26 Å². The van der Waals surface area contributed by atoms with Crippen LogP contribution in [0.4, 0.5) is 18.9 Å². The minimum atomic E-state index is -4.68. The van der Waals surface area contributed by atoms with E-state index in [1.807, 2.05) is 12.1 Å². The normalized spacial score (nSPS) is 17.3. The first-order chi connectivity index (χ1) is 18.4. The zero-order valence-corrected chi connectivity index (χ0v) is 21.5. The van der Waals surface area contributed by atoms with Gasteiger partial charge in [0.2, 0.25) is 17.7 Å². The van der Waals surface area contributed by atoms with Gasteiger partial charge in [-0.05, 0) is 49.7 Å². The smallest absolute Gasteiger partial charge is 0.355 e. The van der Waals surface area contributed by atoms with Gasteiger partial charge in [-0.3, -0.25) is 19.3 Å². The minimum Gasteiger partial charge on any atom is -0.355 e. The summed E-state index contributed by atoms with van der Waals surface area (Å²) in [6.45, 7) is 3.61. The van der Waals surface area contributed by atoms with Crippen molar-refractivity contribution < 1.29 is 27.6 Å². The first-order valence-electron chi connectivity index (χ1n) is 12.1. The molecule has 2 aromatic carbocycles. The van der Waals surface area contributed by atoms with E-state index in [0.717, 1.165) is 23.1 Å². The lowest BCUT2D eigenvalue weighted by atomic mass is 9.75. The quantitative estimate of drug-likeness (QED) is 0.534. The van der Waals surface area contributed by atoms with Crippen LogP contribution < -0.4 is 10.2 Å². The SMILES string of the molecule is CCN(C)C(=O)CCNC(=O)C1C(=O)N(c2cccc(C(F)(F)F)c2)C(C)=C(C#N)C1c1ccc(C#N)cc1. The van der Waals surface area contributed by atoms with Gasteiger partial charge in [-0.2, -0.15) is 23.7 Å². The molecule has 0 saturated carbocycles. The van der Waals surface area contributed by atoms with Gasteiger partial charge in [-0.15, -0.1) is 0 Å². The van der Waals surface area contributed by atoms with Gasteiger partial charge in [-0.25, -0.2) is 0 Å². The summed E-state index contributed by atoms with van der Waals surface area (Å²) in [6.07, 6.45) is -4.71. The second-order valence-corrected chi connectivity index (χ2v) is 8.97. The number of allylic oxidation sites excluding steroid dienone is 2. The molecule has 0 aliphatic carbocycles. The molecule has 202 valence electrons. The molecule has 3 amide bonds. The molecule has 1 aliphatic heterocycles. The average Bonchev–Trinajstić information content (AvgIpc) is 2.91. The number of rotatable bonds is 7. The largest absolute Gasteiger partial charge is 0.416 e. The van der Waals surface area contributed by atoms with Gasteiger partial charge >= 0.3 is 6.18 Å². The molecule has 2 unspecified atom stereocenters. The molecule has 1 heterocycles. The monoisotopic (exact) mass is 537 g/mol. The molecule has 11 heteroatoms. The molecule has 39 heavy (non-hydrogen) atoms. The fourth-order valence-corrected chi connectivity index (χ4v) is 4.41. The number of carbonyl (C=O) groups excluding carboxylic acids is 3. The predicted octanol–water partition coefficient (Wildman–Crippen LogP) is 4.11. The summed E-state index contributed by atoms with van der Waals surface area (Å²) < 4.78 is 40.3. The van der Waals surface area contributed by atoms with Crippen LogP contribution in [0.25, 0.3) is 0 Å². The molecule has 8 nitrogen and oxygen atoms in total. The third-order valence-corrected chi connectivity index (χ3v) is 6.63. The van der Waals surface area contributed by atoms with Gasteiger partial charge in [0.1, 0.15) is 5.92 Å². The van der Waals surface area contributed by atoms with E-state index >= 15 is 0 Å². The molecule has 0 bridgehead atoms. The molecular formula is C28H26F3N5O3. The van der Waals surface area contributed by atoms with Gasteiger partial charge in [0, 0.05) is 43.9 Å². The summed E-state index contributed by atoms with van der Waals surface area (Å²) in [6, 6.07) is 14.1. The molecule has 2 atom stereocenters. The highest BCUT2D eigenvalue weighted by molar-refractivity contribution is 6.12. The van der Waals surface area contributed by atoms with Crippen molar-refractivity contribution >= 4 is 23.4 Å². The Morgan fingerprint density at radius 2 is 1.77 bits per heavy atom.